The zero-order valence-corrected chi connectivity index (χ0v) is 12.0. The monoisotopic (exact) mass is 259 g/mol. The highest BCUT2D eigenvalue weighted by atomic mass is 32.1. The van der Waals surface area contributed by atoms with E-state index in [-0.39, 0.29) is 0 Å². The number of thiophene rings is 1. The van der Waals surface area contributed by atoms with Crippen molar-refractivity contribution >= 4 is 11.3 Å². The van der Waals surface area contributed by atoms with Crippen molar-refractivity contribution in [1.82, 2.24) is 5.32 Å². The van der Waals surface area contributed by atoms with Gasteiger partial charge >= 0.3 is 0 Å². The van der Waals surface area contributed by atoms with Crippen molar-refractivity contribution in [1.29, 1.82) is 0 Å². The second-order valence-corrected chi connectivity index (χ2v) is 5.32. The maximum Gasteiger partial charge on any atom is 0.0585 e. The summed E-state index contributed by atoms with van der Waals surface area (Å²) in [7, 11) is 0. The molecule has 1 aromatic carbocycles. The lowest BCUT2D eigenvalue weighted by molar-refractivity contribution is 0.599. The molecule has 1 N–H and O–H groups in total. The number of aryl methyl sites for hydroxylation is 1. The van der Waals surface area contributed by atoms with Gasteiger partial charge in [0.25, 0.3) is 0 Å². The van der Waals surface area contributed by atoms with Gasteiger partial charge in [0.15, 0.2) is 0 Å². The lowest BCUT2D eigenvalue weighted by Crippen LogP contribution is -2.22. The highest BCUT2D eigenvalue weighted by molar-refractivity contribution is 7.08. The summed E-state index contributed by atoms with van der Waals surface area (Å²) in [4.78, 5) is 0. The Hall–Kier alpha value is -1.12. The van der Waals surface area contributed by atoms with Crippen LogP contribution < -0.4 is 5.32 Å². The molecule has 1 heterocycles. The fourth-order valence-corrected chi connectivity index (χ4v) is 2.83. The molecule has 0 fully saturated rings. The Morgan fingerprint density at radius 1 is 1.17 bits per heavy atom. The Kier molecular flexibility index (Phi) is 4.97. The summed E-state index contributed by atoms with van der Waals surface area (Å²) in [5.41, 5.74) is 4.16. The van der Waals surface area contributed by atoms with Gasteiger partial charge in [-0.25, -0.2) is 0 Å². The molecule has 2 rings (SSSR count). The summed E-state index contributed by atoms with van der Waals surface area (Å²) in [5, 5.41) is 8.04. The molecule has 1 nitrogen and oxygen atoms in total. The first kappa shape index (κ1) is 13.3. The van der Waals surface area contributed by atoms with Crippen molar-refractivity contribution in [2.24, 2.45) is 0 Å². The van der Waals surface area contributed by atoms with Crippen LogP contribution in [-0.2, 0) is 6.42 Å². The van der Waals surface area contributed by atoms with E-state index in [9.17, 15) is 0 Å². The van der Waals surface area contributed by atoms with Gasteiger partial charge in [0.05, 0.1) is 6.04 Å². The maximum absolute atomic E-state index is 3.65. The molecule has 0 bridgehead atoms. The molecular formula is C16H21NS. The molecule has 0 spiro atoms. The largest absolute Gasteiger partial charge is 0.306 e. The fraction of sp³-hybridized carbons (Fsp3) is 0.375. The minimum atomic E-state index is 0.336. The number of hydrogen-bond donors (Lipinski definition) is 1. The van der Waals surface area contributed by atoms with Gasteiger partial charge in [0, 0.05) is 0 Å². The Bertz CT molecular complexity index is 462. The van der Waals surface area contributed by atoms with Crippen molar-refractivity contribution in [3.05, 3.63) is 57.8 Å². The normalized spacial score (nSPS) is 12.6. The van der Waals surface area contributed by atoms with Crippen molar-refractivity contribution in [3.63, 3.8) is 0 Å². The minimum absolute atomic E-state index is 0.336. The summed E-state index contributed by atoms with van der Waals surface area (Å²) >= 11 is 1.77. The van der Waals surface area contributed by atoms with Crippen molar-refractivity contribution < 1.29 is 0 Å². The van der Waals surface area contributed by atoms with Crippen molar-refractivity contribution in [2.75, 3.05) is 6.54 Å². The molecule has 0 aliphatic carbocycles. The zero-order chi connectivity index (χ0) is 12.8. The third-order valence-corrected chi connectivity index (χ3v) is 3.87. The Morgan fingerprint density at radius 3 is 2.72 bits per heavy atom. The van der Waals surface area contributed by atoms with Crippen LogP contribution >= 0.6 is 11.3 Å². The van der Waals surface area contributed by atoms with E-state index in [1.54, 1.807) is 11.3 Å². The van der Waals surface area contributed by atoms with E-state index in [1.165, 1.54) is 16.7 Å². The highest BCUT2D eigenvalue weighted by Gasteiger charge is 2.13. The predicted octanol–water partition coefficient (Wildman–Crippen LogP) is 4.40. The molecule has 96 valence electrons. The van der Waals surface area contributed by atoms with E-state index in [4.69, 9.17) is 0 Å². The molecule has 0 radical (unpaired) electrons. The van der Waals surface area contributed by atoms with Crippen LogP contribution in [0, 0.1) is 0 Å². The molecule has 0 saturated heterocycles. The number of rotatable bonds is 6. The molecule has 1 atom stereocenters. The van der Waals surface area contributed by atoms with E-state index >= 15 is 0 Å². The Morgan fingerprint density at radius 2 is 2.06 bits per heavy atom. The molecule has 0 amide bonds. The van der Waals surface area contributed by atoms with Gasteiger partial charge in [0.1, 0.15) is 0 Å². The first-order chi connectivity index (χ1) is 8.85. The standard InChI is InChI=1S/C16H21NS/c1-3-9-17-16(15-8-10-18-12-15)14-7-5-6-13(4-2)11-14/h5-8,10-12,16-17H,3-4,9H2,1-2H3. The van der Waals surface area contributed by atoms with Crippen molar-refractivity contribution in [2.45, 2.75) is 32.7 Å². The highest BCUT2D eigenvalue weighted by Crippen LogP contribution is 2.25. The lowest BCUT2D eigenvalue weighted by atomic mass is 9.98. The second-order valence-electron chi connectivity index (χ2n) is 4.54. The SMILES string of the molecule is CCCNC(c1ccsc1)c1cccc(CC)c1. The van der Waals surface area contributed by atoms with Crippen LogP contribution in [0.2, 0.25) is 0 Å². The van der Waals surface area contributed by atoms with Gasteiger partial charge in [-0.1, -0.05) is 38.1 Å². The summed E-state index contributed by atoms with van der Waals surface area (Å²) in [6, 6.07) is 11.5. The second kappa shape index (κ2) is 6.72. The van der Waals surface area contributed by atoms with Gasteiger partial charge < -0.3 is 5.32 Å². The fourth-order valence-electron chi connectivity index (χ4n) is 2.15. The van der Waals surface area contributed by atoms with Gasteiger partial charge in [-0.15, -0.1) is 0 Å². The molecule has 1 aromatic heterocycles. The van der Waals surface area contributed by atoms with Crippen LogP contribution in [0.15, 0.2) is 41.1 Å². The summed E-state index contributed by atoms with van der Waals surface area (Å²) < 4.78 is 0. The Balaban J connectivity index is 2.27. The smallest absolute Gasteiger partial charge is 0.0585 e. The van der Waals surface area contributed by atoms with Crippen LogP contribution in [0.25, 0.3) is 0 Å². The minimum Gasteiger partial charge on any atom is -0.306 e. The van der Waals surface area contributed by atoms with Gasteiger partial charge in [-0.3, -0.25) is 0 Å². The molecule has 1 unspecified atom stereocenters. The van der Waals surface area contributed by atoms with Gasteiger partial charge in [-0.05, 0) is 52.9 Å². The zero-order valence-electron chi connectivity index (χ0n) is 11.1. The van der Waals surface area contributed by atoms with Crippen LogP contribution in [0.3, 0.4) is 0 Å². The average molecular weight is 259 g/mol. The third kappa shape index (κ3) is 3.21. The molecule has 0 saturated carbocycles. The molecular weight excluding hydrogens is 238 g/mol. The van der Waals surface area contributed by atoms with Gasteiger partial charge in [-0.2, -0.15) is 11.3 Å². The predicted molar refractivity (Wildman–Crippen MR) is 80.3 cm³/mol. The van der Waals surface area contributed by atoms with E-state index in [0.717, 1.165) is 19.4 Å². The van der Waals surface area contributed by atoms with E-state index in [1.807, 2.05) is 0 Å². The maximum atomic E-state index is 3.65. The van der Waals surface area contributed by atoms with Crippen LogP contribution in [-0.4, -0.2) is 6.54 Å². The van der Waals surface area contributed by atoms with Crippen LogP contribution in [0.4, 0.5) is 0 Å². The van der Waals surface area contributed by atoms with E-state index in [2.05, 4.69) is 60.3 Å². The molecule has 0 aliphatic rings. The molecule has 18 heavy (non-hydrogen) atoms. The van der Waals surface area contributed by atoms with Crippen molar-refractivity contribution in [3.8, 4) is 0 Å². The summed E-state index contributed by atoms with van der Waals surface area (Å²) in [6.07, 6.45) is 2.26. The summed E-state index contributed by atoms with van der Waals surface area (Å²) in [6.45, 7) is 5.47. The number of benzene rings is 1. The van der Waals surface area contributed by atoms with Crippen LogP contribution in [0.5, 0.6) is 0 Å². The first-order valence-electron chi connectivity index (χ1n) is 6.69. The first-order valence-corrected chi connectivity index (χ1v) is 7.63. The van der Waals surface area contributed by atoms with E-state index < -0.39 is 0 Å². The van der Waals surface area contributed by atoms with Gasteiger partial charge in [0.2, 0.25) is 0 Å². The average Bonchev–Trinajstić information content (AvgIpc) is 2.93. The lowest BCUT2D eigenvalue weighted by Gasteiger charge is -2.19. The molecule has 0 aliphatic heterocycles. The van der Waals surface area contributed by atoms with E-state index in [0.29, 0.717) is 6.04 Å². The van der Waals surface area contributed by atoms with Crippen LogP contribution in [0.1, 0.15) is 43.0 Å². The number of hydrogen-bond acceptors (Lipinski definition) is 2. The molecule has 2 heteroatoms. The summed E-state index contributed by atoms with van der Waals surface area (Å²) in [5.74, 6) is 0. The Labute approximate surface area is 114 Å². The third-order valence-electron chi connectivity index (χ3n) is 3.17. The topological polar surface area (TPSA) is 12.0 Å². The quantitative estimate of drug-likeness (QED) is 0.811. The molecule has 2 aromatic rings. The number of nitrogens with one attached hydrogen (secondary N) is 1.